The van der Waals surface area contributed by atoms with Crippen molar-refractivity contribution in [3.05, 3.63) is 35.5 Å². The summed E-state index contributed by atoms with van der Waals surface area (Å²) in [5, 5.41) is 1.36. The highest BCUT2D eigenvalue weighted by atomic mass is 16.2. The number of H-pyrrole nitrogens is 1. The zero-order valence-corrected chi connectivity index (χ0v) is 18.9. The number of rotatable bonds is 6. The second kappa shape index (κ2) is 7.66. The molecule has 2 saturated carbocycles. The molecule has 6 rings (SSSR count). The molecule has 31 heavy (non-hydrogen) atoms. The van der Waals surface area contributed by atoms with Crippen LogP contribution in [0.5, 0.6) is 0 Å². The Bertz CT molecular complexity index is 1010. The Morgan fingerprint density at radius 1 is 1.35 bits per heavy atom. The van der Waals surface area contributed by atoms with Crippen molar-refractivity contribution in [2.24, 2.45) is 16.3 Å². The maximum atomic E-state index is 13.5. The molecule has 166 valence electrons. The molecule has 1 amide bonds. The first kappa shape index (κ1) is 20.6. The lowest BCUT2D eigenvalue weighted by molar-refractivity contribution is -0.151. The molecule has 4 N–H and O–H groups in total. The summed E-state index contributed by atoms with van der Waals surface area (Å²) in [5.41, 5.74) is 6.81. The number of nitrogens with two attached hydrogens (primary N) is 1. The molecule has 6 nitrogen and oxygen atoms in total. The van der Waals surface area contributed by atoms with Gasteiger partial charge in [-0.15, -0.1) is 0 Å². The molecule has 4 fully saturated rings. The maximum absolute atomic E-state index is 13.5. The summed E-state index contributed by atoms with van der Waals surface area (Å²) >= 11 is 0. The molecule has 2 aliphatic heterocycles. The molecule has 4 aliphatic rings. The zero-order chi connectivity index (χ0) is 21.8. The number of aromatic amines is 1. The maximum Gasteiger partial charge on any atom is 0.223 e. The Hall–Kier alpha value is -2.34. The second-order valence-corrected chi connectivity index (χ2v) is 10.0. The first-order chi connectivity index (χ1) is 15.0. The van der Waals surface area contributed by atoms with Gasteiger partial charge in [-0.25, -0.2) is 5.84 Å². The van der Waals surface area contributed by atoms with Crippen molar-refractivity contribution in [1.82, 2.24) is 15.3 Å². The Kier molecular flexibility index (Phi) is 5.08. The number of amidine groups is 1. The molecule has 1 aromatic carbocycles. The fourth-order valence-electron chi connectivity index (χ4n) is 6.39. The monoisotopic (exact) mass is 421 g/mol. The number of amides is 1. The van der Waals surface area contributed by atoms with Crippen molar-refractivity contribution in [3.63, 3.8) is 0 Å². The molecule has 1 aromatic heterocycles. The summed E-state index contributed by atoms with van der Waals surface area (Å²) in [7, 11) is 1.80. The van der Waals surface area contributed by atoms with Gasteiger partial charge in [0.15, 0.2) is 0 Å². The van der Waals surface area contributed by atoms with E-state index in [0.29, 0.717) is 24.3 Å². The number of hydrazine groups is 1. The lowest BCUT2D eigenvalue weighted by atomic mass is 9.57. The summed E-state index contributed by atoms with van der Waals surface area (Å²) in [6, 6.07) is 7.16. The quantitative estimate of drug-likeness (QED) is 0.283. The highest BCUT2D eigenvalue weighted by molar-refractivity contribution is 5.91. The summed E-state index contributed by atoms with van der Waals surface area (Å²) in [6.45, 7) is 4.40. The van der Waals surface area contributed by atoms with Gasteiger partial charge in [-0.05, 0) is 67.6 Å². The summed E-state index contributed by atoms with van der Waals surface area (Å²) in [4.78, 5) is 23.6. The SMILES string of the molecule is CCC1CC2(C(=NC)NN)CC(C2)N1C(=O)CC(C)c1c[nH]c2cccc(C3CC3)c12. The van der Waals surface area contributed by atoms with E-state index in [4.69, 9.17) is 5.84 Å². The van der Waals surface area contributed by atoms with Crippen LogP contribution in [-0.4, -0.2) is 40.8 Å². The van der Waals surface area contributed by atoms with Gasteiger partial charge in [-0.1, -0.05) is 26.0 Å². The molecule has 2 atom stereocenters. The van der Waals surface area contributed by atoms with Crippen LogP contribution in [0.4, 0.5) is 0 Å². The number of hydrogen-bond donors (Lipinski definition) is 3. The van der Waals surface area contributed by atoms with Crippen molar-refractivity contribution in [2.45, 2.75) is 82.7 Å². The summed E-state index contributed by atoms with van der Waals surface area (Å²) in [6.07, 6.45) is 9.14. The van der Waals surface area contributed by atoms with Gasteiger partial charge in [0.1, 0.15) is 5.84 Å². The molecule has 2 bridgehead atoms. The number of nitrogens with zero attached hydrogens (tertiary/aromatic N) is 2. The Labute approximate surface area is 184 Å². The molecule has 0 spiro atoms. The van der Waals surface area contributed by atoms with Crippen LogP contribution in [0.2, 0.25) is 0 Å². The standard InChI is InChI=1S/C25H35N5O/c1-4-17-11-25(24(27-3)29-26)12-18(13-25)30(17)22(31)10-15(2)20-14-28-21-7-5-6-19(23(20)21)16-8-9-16/h5-7,14-18,28H,4,8-13,26H2,1-3H3,(H,27,29). The number of aromatic nitrogens is 1. The van der Waals surface area contributed by atoms with Crippen LogP contribution in [0.25, 0.3) is 10.9 Å². The van der Waals surface area contributed by atoms with E-state index in [1.165, 1.54) is 34.9 Å². The van der Waals surface area contributed by atoms with Crippen molar-refractivity contribution in [1.29, 1.82) is 0 Å². The lowest BCUT2D eigenvalue weighted by Gasteiger charge is -2.60. The van der Waals surface area contributed by atoms with Gasteiger partial charge in [0.05, 0.1) is 0 Å². The highest BCUT2D eigenvalue weighted by Gasteiger charge is 2.57. The minimum absolute atomic E-state index is 0.0350. The van der Waals surface area contributed by atoms with E-state index in [1.54, 1.807) is 7.05 Å². The van der Waals surface area contributed by atoms with Crippen LogP contribution in [-0.2, 0) is 4.79 Å². The van der Waals surface area contributed by atoms with Crippen LogP contribution in [0.3, 0.4) is 0 Å². The molecule has 6 heteroatoms. The van der Waals surface area contributed by atoms with Crippen molar-refractivity contribution >= 4 is 22.6 Å². The molecule has 0 radical (unpaired) electrons. The fraction of sp³-hybridized carbons (Fsp3) is 0.600. The number of nitrogens with one attached hydrogen (secondary N) is 2. The van der Waals surface area contributed by atoms with Crippen LogP contribution in [0, 0.1) is 5.41 Å². The largest absolute Gasteiger partial charge is 0.361 e. The van der Waals surface area contributed by atoms with Gasteiger partial charge in [0, 0.05) is 48.1 Å². The average Bonchev–Trinajstić information content (AvgIpc) is 3.51. The molecule has 2 aliphatic carbocycles. The molecular weight excluding hydrogens is 386 g/mol. The Balaban J connectivity index is 1.35. The van der Waals surface area contributed by atoms with E-state index in [9.17, 15) is 4.79 Å². The van der Waals surface area contributed by atoms with Gasteiger partial charge in [-0.2, -0.15) is 0 Å². The number of piperidine rings is 2. The van der Waals surface area contributed by atoms with Crippen LogP contribution in [0.1, 0.15) is 81.8 Å². The summed E-state index contributed by atoms with van der Waals surface area (Å²) in [5.74, 6) is 7.83. The number of carbonyl (C=O) groups is 1. The van der Waals surface area contributed by atoms with Gasteiger partial charge >= 0.3 is 0 Å². The third-order valence-electron chi connectivity index (χ3n) is 8.09. The number of aliphatic imine (C=N–C) groups is 1. The normalized spacial score (nSPS) is 29.0. The van der Waals surface area contributed by atoms with Gasteiger partial charge < -0.3 is 15.3 Å². The van der Waals surface area contributed by atoms with E-state index in [-0.39, 0.29) is 17.4 Å². The third kappa shape index (κ3) is 3.27. The van der Waals surface area contributed by atoms with Gasteiger partial charge in [0.2, 0.25) is 5.91 Å². The van der Waals surface area contributed by atoms with E-state index >= 15 is 0 Å². The predicted molar refractivity (Wildman–Crippen MR) is 125 cm³/mol. The number of benzene rings is 1. The van der Waals surface area contributed by atoms with Crippen LogP contribution >= 0.6 is 0 Å². The molecular formula is C25H35N5O. The average molecular weight is 422 g/mol. The fourth-order valence-corrected chi connectivity index (χ4v) is 6.39. The van der Waals surface area contributed by atoms with E-state index in [1.807, 2.05) is 0 Å². The van der Waals surface area contributed by atoms with Crippen molar-refractivity contribution in [2.75, 3.05) is 7.05 Å². The smallest absolute Gasteiger partial charge is 0.223 e. The van der Waals surface area contributed by atoms with Gasteiger partial charge in [-0.3, -0.25) is 9.79 Å². The number of hydrogen-bond acceptors (Lipinski definition) is 3. The second-order valence-electron chi connectivity index (χ2n) is 10.0. The minimum atomic E-state index is 0.0350. The highest BCUT2D eigenvalue weighted by Crippen LogP contribution is 2.54. The van der Waals surface area contributed by atoms with E-state index < -0.39 is 0 Å². The van der Waals surface area contributed by atoms with E-state index in [0.717, 1.165) is 31.5 Å². The third-order valence-corrected chi connectivity index (χ3v) is 8.09. The molecule has 2 unspecified atom stereocenters. The molecule has 2 aromatic rings. The molecule has 2 saturated heterocycles. The lowest BCUT2D eigenvalue weighted by Crippen LogP contribution is -2.68. The van der Waals surface area contributed by atoms with Crippen LogP contribution < -0.4 is 11.3 Å². The molecule has 3 heterocycles. The predicted octanol–water partition coefficient (Wildman–Crippen LogP) is 4.19. The van der Waals surface area contributed by atoms with E-state index in [2.05, 4.69) is 58.5 Å². The van der Waals surface area contributed by atoms with Gasteiger partial charge in [0.25, 0.3) is 0 Å². The minimum Gasteiger partial charge on any atom is -0.361 e. The summed E-state index contributed by atoms with van der Waals surface area (Å²) < 4.78 is 0. The zero-order valence-electron chi connectivity index (χ0n) is 18.9. The number of fused-ring (bicyclic) bond motifs is 3. The first-order valence-corrected chi connectivity index (χ1v) is 11.9. The van der Waals surface area contributed by atoms with Crippen molar-refractivity contribution in [3.8, 4) is 0 Å². The number of carbonyl (C=O) groups excluding carboxylic acids is 1. The van der Waals surface area contributed by atoms with Crippen molar-refractivity contribution < 1.29 is 4.79 Å². The Morgan fingerprint density at radius 3 is 2.77 bits per heavy atom. The first-order valence-electron chi connectivity index (χ1n) is 11.9. The van der Waals surface area contributed by atoms with Crippen LogP contribution in [0.15, 0.2) is 29.4 Å². The topological polar surface area (TPSA) is 86.5 Å². The Morgan fingerprint density at radius 2 is 2.13 bits per heavy atom.